The predicted molar refractivity (Wildman–Crippen MR) is 127 cm³/mol. The van der Waals surface area contributed by atoms with Gasteiger partial charge in [-0.3, -0.25) is 9.58 Å². The first-order valence-electron chi connectivity index (χ1n) is 11.1. The molecular formula is C22H24F6N6O4S. The maximum Gasteiger partial charge on any atom is 0.490 e. The van der Waals surface area contributed by atoms with Gasteiger partial charge in [0.25, 0.3) is 0 Å². The first kappa shape index (κ1) is 31.5. The topological polar surface area (TPSA) is 133 Å². The Kier molecular flexibility index (Phi) is 11.7. The number of halogens is 6. The number of carbonyl (C=O) groups is 2. The highest BCUT2D eigenvalue weighted by Gasteiger charge is 2.38. The summed E-state index contributed by atoms with van der Waals surface area (Å²) in [6, 6.07) is 8.32. The zero-order chi connectivity index (χ0) is 29.1. The summed E-state index contributed by atoms with van der Waals surface area (Å²) < 4.78 is 65.6. The van der Waals surface area contributed by atoms with Crippen molar-refractivity contribution in [1.82, 2.24) is 24.6 Å². The van der Waals surface area contributed by atoms with Crippen LogP contribution in [0.5, 0.6) is 0 Å². The van der Waals surface area contributed by atoms with Crippen LogP contribution in [0.15, 0.2) is 48.2 Å². The van der Waals surface area contributed by atoms with E-state index in [0.29, 0.717) is 11.9 Å². The van der Waals surface area contributed by atoms with Crippen LogP contribution < -0.4 is 5.32 Å². The van der Waals surface area contributed by atoms with E-state index in [1.807, 2.05) is 23.6 Å². The third kappa shape index (κ3) is 11.7. The molecule has 1 aliphatic heterocycles. The van der Waals surface area contributed by atoms with Gasteiger partial charge in [0.2, 0.25) is 5.95 Å². The fourth-order valence-electron chi connectivity index (χ4n) is 3.32. The van der Waals surface area contributed by atoms with E-state index in [1.165, 1.54) is 10.6 Å². The highest BCUT2D eigenvalue weighted by atomic mass is 32.1. The Morgan fingerprint density at radius 3 is 2.13 bits per heavy atom. The molecule has 214 valence electrons. The number of carboxylic acids is 2. The molecule has 0 aliphatic carbocycles. The molecule has 3 aromatic heterocycles. The van der Waals surface area contributed by atoms with E-state index < -0.39 is 24.3 Å². The lowest BCUT2D eigenvalue weighted by Crippen LogP contribution is -2.28. The number of fused-ring (bicyclic) bond motifs is 1. The highest BCUT2D eigenvalue weighted by molar-refractivity contribution is 7.09. The standard InChI is InChI=1S/C18H22N6S.2C2HF3O2/c1-3-17(25-10-1)14-23-11-15(12-24-16(13-23)5-9-22-24)4-8-21-18-19-6-2-7-20-18;2*3-2(4,5)1(6)7/h1-3,5-7,9-10,15H,4,8,11-14H2,(H,19,20,21);2*(H,6,7). The molecule has 0 saturated heterocycles. The Balaban J connectivity index is 0.000000317. The number of hydrogen-bond acceptors (Lipinski definition) is 8. The predicted octanol–water partition coefficient (Wildman–Crippen LogP) is 4.14. The van der Waals surface area contributed by atoms with Gasteiger partial charge < -0.3 is 15.5 Å². The van der Waals surface area contributed by atoms with Crippen molar-refractivity contribution in [2.45, 2.75) is 38.4 Å². The molecule has 3 aromatic rings. The molecule has 0 radical (unpaired) electrons. The molecular weight excluding hydrogens is 558 g/mol. The van der Waals surface area contributed by atoms with Gasteiger partial charge in [0.1, 0.15) is 0 Å². The molecule has 39 heavy (non-hydrogen) atoms. The van der Waals surface area contributed by atoms with Gasteiger partial charge in [-0.15, -0.1) is 11.3 Å². The van der Waals surface area contributed by atoms with Crippen LogP contribution in [0, 0.1) is 5.92 Å². The molecule has 0 aromatic carbocycles. The van der Waals surface area contributed by atoms with E-state index in [-0.39, 0.29) is 0 Å². The lowest BCUT2D eigenvalue weighted by molar-refractivity contribution is -0.193. The summed E-state index contributed by atoms with van der Waals surface area (Å²) in [6.07, 6.45) is -3.66. The van der Waals surface area contributed by atoms with Crippen molar-refractivity contribution in [2.24, 2.45) is 5.92 Å². The van der Waals surface area contributed by atoms with Crippen LogP contribution in [-0.2, 0) is 29.2 Å². The van der Waals surface area contributed by atoms with Crippen molar-refractivity contribution >= 4 is 29.2 Å². The zero-order valence-corrected chi connectivity index (χ0v) is 20.9. The highest BCUT2D eigenvalue weighted by Crippen LogP contribution is 2.22. The summed E-state index contributed by atoms with van der Waals surface area (Å²) in [7, 11) is 0. The van der Waals surface area contributed by atoms with E-state index in [4.69, 9.17) is 19.8 Å². The van der Waals surface area contributed by atoms with E-state index >= 15 is 0 Å². The summed E-state index contributed by atoms with van der Waals surface area (Å²) in [4.78, 5) is 30.2. The molecule has 0 bridgehead atoms. The van der Waals surface area contributed by atoms with Crippen molar-refractivity contribution in [3.05, 3.63) is 58.8 Å². The fraction of sp³-hybridized carbons (Fsp3) is 0.409. The molecule has 1 unspecified atom stereocenters. The van der Waals surface area contributed by atoms with Crippen LogP contribution in [-0.4, -0.2) is 72.2 Å². The molecule has 17 heteroatoms. The Bertz CT molecular complexity index is 1130. The fourth-order valence-corrected chi connectivity index (χ4v) is 4.07. The van der Waals surface area contributed by atoms with Gasteiger partial charge in [-0.1, -0.05) is 6.07 Å². The van der Waals surface area contributed by atoms with Gasteiger partial charge in [-0.05, 0) is 35.9 Å². The third-order valence-corrected chi connectivity index (χ3v) is 5.84. The van der Waals surface area contributed by atoms with Gasteiger partial charge in [0, 0.05) is 56.2 Å². The molecule has 1 atom stereocenters. The van der Waals surface area contributed by atoms with E-state index in [2.05, 4.69) is 53.5 Å². The lowest BCUT2D eigenvalue weighted by Gasteiger charge is -2.23. The lowest BCUT2D eigenvalue weighted by atomic mass is 10.1. The molecule has 4 heterocycles. The number of rotatable bonds is 6. The molecule has 4 rings (SSSR count). The largest absolute Gasteiger partial charge is 0.490 e. The number of thiophene rings is 1. The van der Waals surface area contributed by atoms with Gasteiger partial charge in [-0.2, -0.15) is 31.4 Å². The number of alkyl halides is 6. The van der Waals surface area contributed by atoms with Crippen molar-refractivity contribution in [2.75, 3.05) is 18.4 Å². The van der Waals surface area contributed by atoms with Crippen molar-refractivity contribution < 1.29 is 46.1 Å². The molecule has 0 fully saturated rings. The molecule has 0 amide bonds. The van der Waals surface area contributed by atoms with Crippen molar-refractivity contribution in [3.63, 3.8) is 0 Å². The minimum Gasteiger partial charge on any atom is -0.475 e. The van der Waals surface area contributed by atoms with Crippen molar-refractivity contribution in [3.8, 4) is 0 Å². The Labute approximate surface area is 221 Å². The van der Waals surface area contributed by atoms with Crippen LogP contribution in [0.1, 0.15) is 17.0 Å². The molecule has 0 spiro atoms. The van der Waals surface area contributed by atoms with Crippen LogP contribution >= 0.6 is 11.3 Å². The number of carboxylic acid groups (broad SMARTS) is 2. The van der Waals surface area contributed by atoms with Crippen LogP contribution in [0.25, 0.3) is 0 Å². The van der Waals surface area contributed by atoms with E-state index in [0.717, 1.165) is 39.1 Å². The molecule has 1 aliphatic rings. The van der Waals surface area contributed by atoms with E-state index in [1.54, 1.807) is 12.4 Å². The summed E-state index contributed by atoms with van der Waals surface area (Å²) in [5.74, 6) is -4.26. The van der Waals surface area contributed by atoms with Gasteiger partial charge in [0.05, 0.1) is 5.69 Å². The normalized spacial score (nSPS) is 15.5. The van der Waals surface area contributed by atoms with Crippen LogP contribution in [0.3, 0.4) is 0 Å². The number of nitrogens with one attached hydrogen (secondary N) is 1. The molecule has 3 N–H and O–H groups in total. The first-order chi connectivity index (χ1) is 18.3. The van der Waals surface area contributed by atoms with Crippen molar-refractivity contribution in [1.29, 1.82) is 0 Å². The van der Waals surface area contributed by atoms with Gasteiger partial charge in [-0.25, -0.2) is 19.6 Å². The quantitative estimate of drug-likeness (QED) is 0.367. The maximum absolute atomic E-state index is 10.6. The summed E-state index contributed by atoms with van der Waals surface area (Å²) in [5, 5.41) is 24.2. The smallest absolute Gasteiger partial charge is 0.475 e. The Morgan fingerprint density at radius 1 is 0.974 bits per heavy atom. The second-order valence-corrected chi connectivity index (χ2v) is 9.05. The Morgan fingerprint density at radius 2 is 1.59 bits per heavy atom. The summed E-state index contributed by atoms with van der Waals surface area (Å²) in [5.41, 5.74) is 1.30. The summed E-state index contributed by atoms with van der Waals surface area (Å²) in [6.45, 7) is 4.90. The monoisotopic (exact) mass is 582 g/mol. The molecule has 10 nitrogen and oxygen atoms in total. The minimum absolute atomic E-state index is 0.553. The third-order valence-electron chi connectivity index (χ3n) is 4.98. The number of hydrogen-bond donors (Lipinski definition) is 3. The minimum atomic E-state index is -5.08. The summed E-state index contributed by atoms with van der Waals surface area (Å²) >= 11 is 1.83. The SMILES string of the molecule is O=C(O)C(F)(F)F.O=C(O)C(F)(F)F.c1cnc(NCCC2CN(Cc3cccs3)Cc3ccnn3C2)nc1. The molecule has 0 saturated carbocycles. The average molecular weight is 583 g/mol. The van der Waals surface area contributed by atoms with Crippen LogP contribution in [0.2, 0.25) is 0 Å². The number of nitrogens with zero attached hydrogens (tertiary/aromatic N) is 5. The maximum atomic E-state index is 10.6. The first-order valence-corrected chi connectivity index (χ1v) is 12.0. The number of aliphatic carboxylic acids is 2. The second-order valence-electron chi connectivity index (χ2n) is 8.01. The zero-order valence-electron chi connectivity index (χ0n) is 20.1. The number of anilines is 1. The van der Waals surface area contributed by atoms with Crippen LogP contribution in [0.4, 0.5) is 32.3 Å². The van der Waals surface area contributed by atoms with Gasteiger partial charge in [0.15, 0.2) is 0 Å². The van der Waals surface area contributed by atoms with E-state index in [9.17, 15) is 26.3 Å². The van der Waals surface area contributed by atoms with Gasteiger partial charge >= 0.3 is 24.3 Å². The number of aromatic nitrogens is 4. The average Bonchev–Trinajstić information content (AvgIpc) is 3.48. The second kappa shape index (κ2) is 14.4. The Hall–Kier alpha value is -3.73.